The van der Waals surface area contributed by atoms with Crippen LogP contribution in [0.1, 0.15) is 54.2 Å². The van der Waals surface area contributed by atoms with Gasteiger partial charge in [0, 0.05) is 11.9 Å². The normalized spacial score (nSPS) is 11.7. The van der Waals surface area contributed by atoms with Crippen LogP contribution in [0.3, 0.4) is 0 Å². The van der Waals surface area contributed by atoms with Crippen molar-refractivity contribution in [2.75, 3.05) is 0 Å². The fourth-order valence-electron chi connectivity index (χ4n) is 3.09. The maximum Gasteiger partial charge on any atom is 0.290 e. The lowest BCUT2D eigenvalue weighted by atomic mass is 10.1. The van der Waals surface area contributed by atoms with Crippen molar-refractivity contribution in [1.29, 1.82) is 0 Å². The second kappa shape index (κ2) is 10.4. The molecule has 0 fully saturated rings. The highest BCUT2D eigenvalue weighted by atomic mass is 16.3. The van der Waals surface area contributed by atoms with Crippen molar-refractivity contribution in [3.63, 3.8) is 0 Å². The average Bonchev–Trinajstić information content (AvgIpc) is 3.34. The Kier molecular flexibility index (Phi) is 7.37. The number of nitrogens with zero attached hydrogens (tertiary/aromatic N) is 2. The monoisotopic (exact) mass is 439 g/mol. The van der Waals surface area contributed by atoms with E-state index in [0.717, 1.165) is 19.3 Å². The first-order chi connectivity index (χ1) is 15.4. The molecule has 10 nitrogen and oxygen atoms in total. The van der Waals surface area contributed by atoms with Gasteiger partial charge in [-0.1, -0.05) is 38.0 Å². The Morgan fingerprint density at radius 1 is 1.03 bits per heavy atom. The van der Waals surface area contributed by atoms with Gasteiger partial charge in [-0.05, 0) is 31.5 Å². The summed E-state index contributed by atoms with van der Waals surface area (Å²) in [6.45, 7) is 3.90. The highest BCUT2D eigenvalue weighted by molar-refractivity contribution is 6.05. The molecule has 0 aliphatic rings. The Morgan fingerprint density at radius 3 is 2.47 bits per heavy atom. The number of carbonyl (C=O) groups is 3. The topological polar surface area (TPSA) is 135 Å². The third kappa shape index (κ3) is 5.20. The molecule has 0 unspecified atom stereocenters. The molecule has 10 heteroatoms. The summed E-state index contributed by atoms with van der Waals surface area (Å²) in [7, 11) is 0. The molecule has 0 saturated carbocycles. The van der Waals surface area contributed by atoms with E-state index in [1.54, 1.807) is 30.3 Å². The van der Waals surface area contributed by atoms with E-state index in [0.29, 0.717) is 17.3 Å². The maximum absolute atomic E-state index is 12.8. The van der Waals surface area contributed by atoms with Crippen LogP contribution < -0.4 is 21.7 Å². The number of aromatic nitrogens is 2. The average molecular weight is 439 g/mol. The van der Waals surface area contributed by atoms with Gasteiger partial charge >= 0.3 is 0 Å². The van der Waals surface area contributed by atoms with Crippen LogP contribution in [0.25, 0.3) is 10.8 Å². The molecule has 168 valence electrons. The highest BCUT2D eigenvalue weighted by Crippen LogP contribution is 2.13. The van der Waals surface area contributed by atoms with Crippen molar-refractivity contribution in [2.45, 2.75) is 45.7 Å². The number of benzene rings is 1. The van der Waals surface area contributed by atoms with E-state index < -0.39 is 23.8 Å². The number of hydrazine groups is 1. The van der Waals surface area contributed by atoms with Gasteiger partial charge in [0.15, 0.2) is 11.5 Å². The quantitative estimate of drug-likeness (QED) is 0.362. The molecule has 3 rings (SSSR count). The minimum Gasteiger partial charge on any atom is -0.459 e. The van der Waals surface area contributed by atoms with Gasteiger partial charge in [0.25, 0.3) is 23.3 Å². The van der Waals surface area contributed by atoms with Gasteiger partial charge in [-0.3, -0.25) is 30.0 Å². The zero-order valence-electron chi connectivity index (χ0n) is 17.9. The Labute approximate surface area is 183 Å². The summed E-state index contributed by atoms with van der Waals surface area (Å²) in [6.07, 6.45) is 4.02. The van der Waals surface area contributed by atoms with Gasteiger partial charge < -0.3 is 9.73 Å². The van der Waals surface area contributed by atoms with Gasteiger partial charge in [0.1, 0.15) is 6.04 Å². The molecule has 32 heavy (non-hydrogen) atoms. The van der Waals surface area contributed by atoms with E-state index in [1.807, 2.05) is 0 Å². The molecular weight excluding hydrogens is 414 g/mol. The molecule has 1 aromatic carbocycles. The molecule has 3 N–H and O–H groups in total. The molecule has 0 saturated heterocycles. The van der Waals surface area contributed by atoms with Gasteiger partial charge in [0.2, 0.25) is 0 Å². The van der Waals surface area contributed by atoms with Crippen molar-refractivity contribution in [1.82, 2.24) is 25.9 Å². The molecule has 0 radical (unpaired) electrons. The van der Waals surface area contributed by atoms with Crippen molar-refractivity contribution in [3.8, 4) is 0 Å². The first-order valence-corrected chi connectivity index (χ1v) is 10.4. The number of nitrogens with one attached hydrogen (secondary N) is 3. The standard InChI is InChI=1S/C22H25N5O5/c1-3-4-7-12-27-22(31)16-10-6-5-9-15(16)18(26-27)21(30)25-24-19(28)14(2)23-20(29)17-11-8-13-32-17/h5-6,8-11,13-14H,3-4,7,12H2,1-2H3,(H,23,29)(H,24,28)(H,25,30)/t14-/m0/s1. The molecule has 1 atom stereocenters. The minimum atomic E-state index is -0.944. The summed E-state index contributed by atoms with van der Waals surface area (Å²) in [4.78, 5) is 49.8. The summed E-state index contributed by atoms with van der Waals surface area (Å²) >= 11 is 0. The second-order valence-corrected chi connectivity index (χ2v) is 7.25. The predicted molar refractivity (Wildman–Crippen MR) is 117 cm³/mol. The smallest absolute Gasteiger partial charge is 0.290 e. The Bertz CT molecular complexity index is 1170. The van der Waals surface area contributed by atoms with Crippen LogP contribution in [0.4, 0.5) is 0 Å². The fourth-order valence-corrected chi connectivity index (χ4v) is 3.09. The molecule has 0 bridgehead atoms. The predicted octanol–water partition coefficient (Wildman–Crippen LogP) is 1.76. The third-order valence-electron chi connectivity index (χ3n) is 4.84. The number of aryl methyl sites for hydroxylation is 1. The first kappa shape index (κ1) is 22.7. The van der Waals surface area contributed by atoms with E-state index in [4.69, 9.17) is 4.42 Å². The summed E-state index contributed by atoms with van der Waals surface area (Å²) in [5, 5.41) is 7.45. The lowest BCUT2D eigenvalue weighted by Gasteiger charge is -2.15. The van der Waals surface area contributed by atoms with Crippen LogP contribution in [-0.2, 0) is 11.3 Å². The zero-order chi connectivity index (χ0) is 23.1. The Hall–Kier alpha value is -3.95. The van der Waals surface area contributed by atoms with Crippen LogP contribution in [0.5, 0.6) is 0 Å². The van der Waals surface area contributed by atoms with E-state index in [-0.39, 0.29) is 17.0 Å². The number of fused-ring (bicyclic) bond motifs is 1. The number of unbranched alkanes of at least 4 members (excludes halogenated alkanes) is 2. The maximum atomic E-state index is 12.8. The molecule has 0 aliphatic heterocycles. The molecule has 0 spiro atoms. The van der Waals surface area contributed by atoms with Gasteiger partial charge in [-0.15, -0.1) is 0 Å². The molecule has 3 amide bonds. The van der Waals surface area contributed by atoms with Crippen molar-refractivity contribution in [3.05, 3.63) is 64.5 Å². The van der Waals surface area contributed by atoms with Gasteiger partial charge in [0.05, 0.1) is 11.6 Å². The molecular formula is C22H25N5O5. The fraction of sp³-hybridized carbons (Fsp3) is 0.318. The van der Waals surface area contributed by atoms with Crippen molar-refractivity contribution >= 4 is 28.5 Å². The SMILES string of the molecule is CCCCCn1nc(C(=O)NNC(=O)[C@H](C)NC(=O)c2ccco2)c2ccccc2c1=O. The van der Waals surface area contributed by atoms with E-state index in [9.17, 15) is 19.2 Å². The number of amides is 3. The minimum absolute atomic E-state index is 0.0178. The highest BCUT2D eigenvalue weighted by Gasteiger charge is 2.21. The van der Waals surface area contributed by atoms with E-state index in [2.05, 4.69) is 28.2 Å². The lowest BCUT2D eigenvalue weighted by molar-refractivity contribution is -0.123. The summed E-state index contributed by atoms with van der Waals surface area (Å²) < 4.78 is 6.26. The van der Waals surface area contributed by atoms with E-state index in [1.165, 1.54) is 23.9 Å². The third-order valence-corrected chi connectivity index (χ3v) is 4.84. The van der Waals surface area contributed by atoms with Crippen LogP contribution >= 0.6 is 0 Å². The van der Waals surface area contributed by atoms with Crippen molar-refractivity contribution in [2.24, 2.45) is 0 Å². The summed E-state index contributed by atoms with van der Waals surface area (Å²) in [5.41, 5.74) is 4.32. The lowest BCUT2D eigenvalue weighted by Crippen LogP contribution is -2.51. The van der Waals surface area contributed by atoms with Crippen molar-refractivity contribution < 1.29 is 18.8 Å². The summed E-state index contributed by atoms with van der Waals surface area (Å²) in [5.74, 6) is -1.81. The van der Waals surface area contributed by atoms with Crippen LogP contribution in [0, 0.1) is 0 Å². The Morgan fingerprint density at radius 2 is 1.78 bits per heavy atom. The number of carbonyl (C=O) groups excluding carboxylic acids is 3. The second-order valence-electron chi connectivity index (χ2n) is 7.25. The van der Waals surface area contributed by atoms with E-state index >= 15 is 0 Å². The van der Waals surface area contributed by atoms with Gasteiger partial charge in [-0.25, -0.2) is 4.68 Å². The number of furan rings is 1. The van der Waals surface area contributed by atoms with Crippen LogP contribution in [-0.4, -0.2) is 33.5 Å². The molecule has 0 aliphatic carbocycles. The van der Waals surface area contributed by atoms with Crippen LogP contribution in [0.2, 0.25) is 0 Å². The number of hydrogen-bond acceptors (Lipinski definition) is 6. The summed E-state index contributed by atoms with van der Waals surface area (Å²) in [6, 6.07) is 8.76. The number of rotatable bonds is 8. The number of hydrogen-bond donors (Lipinski definition) is 3. The largest absolute Gasteiger partial charge is 0.459 e. The van der Waals surface area contributed by atoms with Gasteiger partial charge in [-0.2, -0.15) is 5.10 Å². The Balaban J connectivity index is 1.72. The zero-order valence-corrected chi connectivity index (χ0v) is 17.9. The molecule has 2 aromatic heterocycles. The first-order valence-electron chi connectivity index (χ1n) is 10.4. The molecule has 3 aromatic rings. The van der Waals surface area contributed by atoms with Crippen LogP contribution in [0.15, 0.2) is 51.9 Å². The molecule has 2 heterocycles.